The van der Waals surface area contributed by atoms with E-state index >= 15 is 0 Å². The Bertz CT molecular complexity index is 1050. The summed E-state index contributed by atoms with van der Waals surface area (Å²) in [4.78, 5) is 14.6. The molecule has 2 amide bonds. The lowest BCUT2D eigenvalue weighted by Crippen LogP contribution is -2.40. The Balaban J connectivity index is 1.74. The molecule has 0 saturated heterocycles. The third kappa shape index (κ3) is 5.02. The number of nitrogens with one attached hydrogen (secondary N) is 1. The maximum Gasteiger partial charge on any atom is 0.317 e. The van der Waals surface area contributed by atoms with Gasteiger partial charge in [-0.3, -0.25) is 0 Å². The van der Waals surface area contributed by atoms with Crippen molar-refractivity contribution < 1.29 is 9.53 Å². The number of hydrogen-bond donors (Lipinski definition) is 1. The van der Waals surface area contributed by atoms with Crippen molar-refractivity contribution in [2.24, 2.45) is 5.92 Å². The number of halogens is 1. The minimum absolute atomic E-state index is 0.0649. The van der Waals surface area contributed by atoms with Crippen LogP contribution in [-0.2, 0) is 6.54 Å². The van der Waals surface area contributed by atoms with E-state index < -0.39 is 0 Å². The van der Waals surface area contributed by atoms with E-state index in [0.717, 1.165) is 23.5 Å². The summed E-state index contributed by atoms with van der Waals surface area (Å²) in [5, 5.41) is 8.20. The van der Waals surface area contributed by atoms with E-state index in [2.05, 4.69) is 5.32 Å². The maximum absolute atomic E-state index is 12.7. The molecule has 0 atom stereocenters. The van der Waals surface area contributed by atoms with Crippen LogP contribution in [0.3, 0.4) is 0 Å². The number of rotatable bonds is 8. The van der Waals surface area contributed by atoms with Gasteiger partial charge < -0.3 is 15.0 Å². The van der Waals surface area contributed by atoms with Crippen molar-refractivity contribution in [3.8, 4) is 17.3 Å². The first-order valence-corrected chi connectivity index (χ1v) is 11.0. The number of ether oxygens (including phenoxy) is 1. The predicted molar refractivity (Wildman–Crippen MR) is 122 cm³/mol. The molecule has 1 aliphatic rings. The summed E-state index contributed by atoms with van der Waals surface area (Å²) in [5.41, 5.74) is 2.57. The molecule has 4 rings (SSSR count). The molecule has 6 nitrogen and oxygen atoms in total. The Hall–Kier alpha value is -2.99. The molecule has 1 fully saturated rings. The average Bonchev–Trinajstić information content (AvgIpc) is 3.54. The van der Waals surface area contributed by atoms with E-state index in [1.807, 2.05) is 67.3 Å². The van der Waals surface area contributed by atoms with Crippen LogP contribution < -0.4 is 10.1 Å². The van der Waals surface area contributed by atoms with Gasteiger partial charge >= 0.3 is 6.03 Å². The zero-order valence-corrected chi connectivity index (χ0v) is 18.6. The van der Waals surface area contributed by atoms with E-state index in [1.165, 1.54) is 12.8 Å². The molecular weight excluding hydrogens is 412 g/mol. The van der Waals surface area contributed by atoms with Gasteiger partial charge in [0.2, 0.25) is 5.88 Å². The molecule has 7 heteroatoms. The fourth-order valence-corrected chi connectivity index (χ4v) is 3.66. The highest BCUT2D eigenvalue weighted by atomic mass is 35.5. The first-order chi connectivity index (χ1) is 15.1. The molecule has 1 N–H and O–H groups in total. The fourth-order valence-electron chi connectivity index (χ4n) is 3.49. The average molecular weight is 439 g/mol. The first-order valence-electron chi connectivity index (χ1n) is 10.7. The summed E-state index contributed by atoms with van der Waals surface area (Å²) >= 11 is 6.38. The fraction of sp³-hybridized carbons (Fsp3) is 0.333. The Kier molecular flexibility index (Phi) is 6.47. The molecule has 1 aliphatic carbocycles. The van der Waals surface area contributed by atoms with Crippen molar-refractivity contribution in [3.63, 3.8) is 0 Å². The minimum Gasteiger partial charge on any atom is -0.437 e. The lowest BCUT2D eigenvalue weighted by Gasteiger charge is -2.23. The number of para-hydroxylation sites is 2. The summed E-state index contributed by atoms with van der Waals surface area (Å²) in [6.45, 7) is 5.61. The number of carbonyl (C=O) groups excluding carboxylic acids is 1. The van der Waals surface area contributed by atoms with E-state index in [4.69, 9.17) is 21.4 Å². The van der Waals surface area contributed by atoms with Gasteiger partial charge in [-0.1, -0.05) is 41.9 Å². The van der Waals surface area contributed by atoms with E-state index in [-0.39, 0.29) is 6.03 Å². The molecule has 3 aromatic rings. The number of hydrogen-bond acceptors (Lipinski definition) is 3. The highest BCUT2D eigenvalue weighted by Gasteiger charge is 2.29. The van der Waals surface area contributed by atoms with Gasteiger partial charge in [0.25, 0.3) is 0 Å². The maximum atomic E-state index is 12.7. The molecule has 31 heavy (non-hydrogen) atoms. The molecule has 1 saturated carbocycles. The molecule has 0 radical (unpaired) electrons. The van der Waals surface area contributed by atoms with Gasteiger partial charge in [0, 0.05) is 13.1 Å². The summed E-state index contributed by atoms with van der Waals surface area (Å²) in [7, 11) is 0. The predicted octanol–water partition coefficient (Wildman–Crippen LogP) is 5.57. The zero-order valence-electron chi connectivity index (χ0n) is 17.8. The second-order valence-corrected chi connectivity index (χ2v) is 8.22. The molecular formula is C24H27ClN4O2. The molecule has 0 bridgehead atoms. The van der Waals surface area contributed by atoms with Crippen LogP contribution in [0.5, 0.6) is 11.6 Å². The van der Waals surface area contributed by atoms with Crippen LogP contribution in [0.4, 0.5) is 4.79 Å². The molecule has 162 valence electrons. The van der Waals surface area contributed by atoms with Gasteiger partial charge in [0.1, 0.15) is 5.75 Å². The minimum atomic E-state index is -0.0649. The lowest BCUT2D eigenvalue weighted by molar-refractivity contribution is 0.192. The summed E-state index contributed by atoms with van der Waals surface area (Å²) in [5.74, 6) is 1.69. The number of aryl methyl sites for hydroxylation is 1. The van der Waals surface area contributed by atoms with Gasteiger partial charge in [-0.15, -0.1) is 0 Å². The van der Waals surface area contributed by atoms with Crippen molar-refractivity contribution >= 4 is 17.6 Å². The van der Waals surface area contributed by atoms with Crippen LogP contribution in [0.2, 0.25) is 5.02 Å². The van der Waals surface area contributed by atoms with Crippen LogP contribution in [0.15, 0.2) is 54.6 Å². The number of nitrogens with zero attached hydrogens (tertiary/aromatic N) is 3. The van der Waals surface area contributed by atoms with E-state index in [9.17, 15) is 4.79 Å². The van der Waals surface area contributed by atoms with Crippen LogP contribution in [-0.4, -0.2) is 33.8 Å². The molecule has 1 aromatic heterocycles. The number of benzene rings is 2. The van der Waals surface area contributed by atoms with Gasteiger partial charge in [-0.05, 0) is 56.9 Å². The largest absolute Gasteiger partial charge is 0.437 e. The summed E-state index contributed by atoms with van der Waals surface area (Å²) in [6.07, 6.45) is 2.34. The lowest BCUT2D eigenvalue weighted by atomic mass is 10.2. The molecule has 0 aliphatic heterocycles. The van der Waals surface area contributed by atoms with Crippen molar-refractivity contribution in [1.82, 2.24) is 20.0 Å². The third-order valence-electron chi connectivity index (χ3n) is 5.32. The number of urea groups is 1. The van der Waals surface area contributed by atoms with Crippen LogP contribution >= 0.6 is 11.6 Å². The van der Waals surface area contributed by atoms with Gasteiger partial charge in [-0.2, -0.15) is 5.10 Å². The van der Waals surface area contributed by atoms with Crippen molar-refractivity contribution in [3.05, 3.63) is 70.9 Å². The zero-order chi connectivity index (χ0) is 21.8. The summed E-state index contributed by atoms with van der Waals surface area (Å²) in [6, 6.07) is 17.1. The second kappa shape index (κ2) is 9.43. The Labute approximate surface area is 187 Å². The number of carbonyl (C=O) groups is 1. The Morgan fingerprint density at radius 1 is 1.19 bits per heavy atom. The monoisotopic (exact) mass is 438 g/mol. The van der Waals surface area contributed by atoms with Crippen LogP contribution in [0, 0.1) is 12.8 Å². The van der Waals surface area contributed by atoms with Gasteiger partial charge in [0.15, 0.2) is 0 Å². The van der Waals surface area contributed by atoms with Crippen molar-refractivity contribution in [2.75, 3.05) is 13.1 Å². The van der Waals surface area contributed by atoms with Gasteiger partial charge in [0.05, 0.1) is 28.5 Å². The van der Waals surface area contributed by atoms with E-state index in [0.29, 0.717) is 35.7 Å². The highest BCUT2D eigenvalue weighted by Crippen LogP contribution is 2.36. The standard InChI is InChI=1S/C24H27ClN4O2/c1-3-26-24(30)28(15-18-13-14-18)16-20-17(2)27-29(19-9-5-4-6-10-19)23(20)31-22-12-8-7-11-21(22)25/h4-12,18H,3,13-16H2,1-2H3,(H,26,30). The third-order valence-corrected chi connectivity index (χ3v) is 5.63. The first kappa shape index (κ1) is 21.2. The smallest absolute Gasteiger partial charge is 0.317 e. The SMILES string of the molecule is CCNC(=O)N(Cc1c(C)nn(-c2ccccc2)c1Oc1ccccc1Cl)CC1CC1. The van der Waals surface area contributed by atoms with Crippen LogP contribution in [0.25, 0.3) is 5.69 Å². The number of aromatic nitrogens is 2. The summed E-state index contributed by atoms with van der Waals surface area (Å²) < 4.78 is 8.10. The molecule has 2 aromatic carbocycles. The van der Waals surface area contributed by atoms with E-state index in [1.54, 1.807) is 10.7 Å². The number of amides is 2. The van der Waals surface area contributed by atoms with Crippen LogP contribution in [0.1, 0.15) is 31.0 Å². The molecule has 0 spiro atoms. The Morgan fingerprint density at radius 3 is 2.58 bits per heavy atom. The Morgan fingerprint density at radius 2 is 1.90 bits per heavy atom. The van der Waals surface area contributed by atoms with Crippen molar-refractivity contribution in [1.29, 1.82) is 0 Å². The topological polar surface area (TPSA) is 59.4 Å². The quantitative estimate of drug-likeness (QED) is 0.500. The second-order valence-electron chi connectivity index (χ2n) is 7.81. The van der Waals surface area contributed by atoms with Crippen molar-refractivity contribution in [2.45, 2.75) is 33.2 Å². The normalized spacial score (nSPS) is 13.1. The molecule has 1 heterocycles. The molecule has 0 unspecified atom stereocenters. The highest BCUT2D eigenvalue weighted by molar-refractivity contribution is 6.32. The van der Waals surface area contributed by atoms with Gasteiger partial charge in [-0.25, -0.2) is 9.48 Å².